The lowest BCUT2D eigenvalue weighted by atomic mass is 10.0. The number of hydrogen-bond donors (Lipinski definition) is 2. The van der Waals surface area contributed by atoms with E-state index in [1.807, 2.05) is 12.1 Å². The number of aryl methyl sites for hydroxylation is 1. The Bertz CT molecular complexity index is 543. The maximum atomic E-state index is 11.4. The second kappa shape index (κ2) is 3.77. The van der Waals surface area contributed by atoms with Crippen LogP contribution in [0.3, 0.4) is 0 Å². The molecule has 1 aromatic carbocycles. The Labute approximate surface area is 87.9 Å². The van der Waals surface area contributed by atoms with E-state index in [9.17, 15) is 4.79 Å². The third kappa shape index (κ3) is 1.86. The van der Waals surface area contributed by atoms with E-state index >= 15 is 0 Å². The average molecular weight is 202 g/mol. The molecule has 2 aromatic rings. The summed E-state index contributed by atoms with van der Waals surface area (Å²) in [5.41, 5.74) is 8.21. The van der Waals surface area contributed by atoms with Crippen molar-refractivity contribution in [2.45, 2.75) is 19.8 Å². The molecular formula is C12H14N2O. The minimum absolute atomic E-state index is 0.0587. The van der Waals surface area contributed by atoms with E-state index in [0.717, 1.165) is 29.3 Å². The van der Waals surface area contributed by atoms with Gasteiger partial charge in [-0.25, -0.2) is 0 Å². The molecule has 3 nitrogen and oxygen atoms in total. The van der Waals surface area contributed by atoms with Crippen LogP contribution in [0.15, 0.2) is 29.1 Å². The van der Waals surface area contributed by atoms with Crippen LogP contribution in [0, 0.1) is 0 Å². The molecule has 1 heterocycles. The number of aromatic nitrogens is 1. The zero-order chi connectivity index (χ0) is 10.8. The number of nitrogen functional groups attached to an aromatic ring is 1. The molecule has 0 spiro atoms. The lowest BCUT2D eigenvalue weighted by Gasteiger charge is -2.05. The molecule has 3 heteroatoms. The quantitative estimate of drug-likeness (QED) is 0.732. The first kappa shape index (κ1) is 9.77. The zero-order valence-corrected chi connectivity index (χ0v) is 8.71. The number of benzene rings is 1. The molecule has 0 atom stereocenters. The Morgan fingerprint density at radius 2 is 2.13 bits per heavy atom. The molecule has 0 fully saturated rings. The van der Waals surface area contributed by atoms with Gasteiger partial charge in [0, 0.05) is 17.1 Å². The molecule has 0 amide bonds. The highest BCUT2D eigenvalue weighted by Crippen LogP contribution is 2.18. The third-order valence-corrected chi connectivity index (χ3v) is 2.47. The highest BCUT2D eigenvalue weighted by molar-refractivity contribution is 5.84. The van der Waals surface area contributed by atoms with Crippen molar-refractivity contribution in [3.63, 3.8) is 0 Å². The molecular weight excluding hydrogens is 188 g/mol. The molecule has 0 radical (unpaired) electrons. The molecule has 15 heavy (non-hydrogen) atoms. The average Bonchev–Trinajstić information content (AvgIpc) is 2.17. The SMILES string of the molecule is CCCc1cc(=O)[nH]c2cc(N)ccc12. The number of nitrogens with two attached hydrogens (primary N) is 1. The Morgan fingerprint density at radius 3 is 2.87 bits per heavy atom. The maximum absolute atomic E-state index is 11.4. The van der Waals surface area contributed by atoms with Gasteiger partial charge in [0.15, 0.2) is 0 Å². The van der Waals surface area contributed by atoms with Crippen LogP contribution in [0.5, 0.6) is 0 Å². The van der Waals surface area contributed by atoms with E-state index in [0.29, 0.717) is 5.69 Å². The first-order valence-corrected chi connectivity index (χ1v) is 5.12. The summed E-state index contributed by atoms with van der Waals surface area (Å²) in [6.45, 7) is 2.10. The highest BCUT2D eigenvalue weighted by Gasteiger charge is 2.02. The number of anilines is 1. The van der Waals surface area contributed by atoms with E-state index in [4.69, 9.17) is 5.73 Å². The monoisotopic (exact) mass is 202 g/mol. The van der Waals surface area contributed by atoms with Gasteiger partial charge in [-0.05, 0) is 24.1 Å². The van der Waals surface area contributed by atoms with Crippen LogP contribution in [0.2, 0.25) is 0 Å². The highest BCUT2D eigenvalue weighted by atomic mass is 16.1. The fourth-order valence-electron chi connectivity index (χ4n) is 1.83. The van der Waals surface area contributed by atoms with Gasteiger partial charge >= 0.3 is 0 Å². The number of nitrogens with one attached hydrogen (secondary N) is 1. The minimum Gasteiger partial charge on any atom is -0.399 e. The maximum Gasteiger partial charge on any atom is 0.248 e. The lowest BCUT2D eigenvalue weighted by Crippen LogP contribution is -2.06. The van der Waals surface area contributed by atoms with Gasteiger partial charge < -0.3 is 10.7 Å². The summed E-state index contributed by atoms with van der Waals surface area (Å²) in [7, 11) is 0. The van der Waals surface area contributed by atoms with E-state index < -0.39 is 0 Å². The lowest BCUT2D eigenvalue weighted by molar-refractivity contribution is 0.925. The summed E-state index contributed by atoms with van der Waals surface area (Å²) < 4.78 is 0. The van der Waals surface area contributed by atoms with Gasteiger partial charge in [-0.15, -0.1) is 0 Å². The number of H-pyrrole nitrogens is 1. The predicted octanol–water partition coefficient (Wildman–Crippen LogP) is 2.06. The number of fused-ring (bicyclic) bond motifs is 1. The second-order valence-corrected chi connectivity index (χ2v) is 3.71. The van der Waals surface area contributed by atoms with Crippen LogP contribution in [0.1, 0.15) is 18.9 Å². The fourth-order valence-corrected chi connectivity index (χ4v) is 1.83. The smallest absolute Gasteiger partial charge is 0.248 e. The molecule has 0 aliphatic rings. The van der Waals surface area contributed by atoms with E-state index in [1.165, 1.54) is 0 Å². The molecule has 0 unspecified atom stereocenters. The van der Waals surface area contributed by atoms with Gasteiger partial charge in [-0.1, -0.05) is 19.4 Å². The van der Waals surface area contributed by atoms with Crippen molar-refractivity contribution in [2.24, 2.45) is 0 Å². The normalized spacial score (nSPS) is 10.7. The number of pyridine rings is 1. The van der Waals surface area contributed by atoms with Crippen LogP contribution in [0.25, 0.3) is 10.9 Å². The van der Waals surface area contributed by atoms with Gasteiger partial charge in [0.25, 0.3) is 0 Å². The van der Waals surface area contributed by atoms with Crippen molar-refractivity contribution >= 4 is 16.6 Å². The summed E-state index contributed by atoms with van der Waals surface area (Å²) in [4.78, 5) is 14.2. The Hall–Kier alpha value is -1.77. The predicted molar refractivity (Wildman–Crippen MR) is 63.0 cm³/mol. The molecule has 2 rings (SSSR count). The van der Waals surface area contributed by atoms with Gasteiger partial charge in [0.1, 0.15) is 0 Å². The summed E-state index contributed by atoms with van der Waals surface area (Å²) in [5, 5.41) is 1.09. The largest absolute Gasteiger partial charge is 0.399 e. The van der Waals surface area contributed by atoms with Gasteiger partial charge in [0.2, 0.25) is 5.56 Å². The number of rotatable bonds is 2. The van der Waals surface area contributed by atoms with Crippen LogP contribution in [-0.2, 0) is 6.42 Å². The molecule has 3 N–H and O–H groups in total. The van der Waals surface area contributed by atoms with E-state index in [-0.39, 0.29) is 5.56 Å². The van der Waals surface area contributed by atoms with Crippen molar-refractivity contribution in [3.8, 4) is 0 Å². The van der Waals surface area contributed by atoms with Crippen molar-refractivity contribution < 1.29 is 0 Å². The Balaban J connectivity index is 2.74. The summed E-state index contributed by atoms with van der Waals surface area (Å²) >= 11 is 0. The first-order chi connectivity index (χ1) is 7.20. The molecule has 0 saturated heterocycles. The van der Waals surface area contributed by atoms with Crippen LogP contribution in [0.4, 0.5) is 5.69 Å². The number of hydrogen-bond acceptors (Lipinski definition) is 2. The van der Waals surface area contributed by atoms with Gasteiger partial charge in [0.05, 0.1) is 5.52 Å². The fraction of sp³-hybridized carbons (Fsp3) is 0.250. The summed E-state index contributed by atoms with van der Waals surface area (Å²) in [6.07, 6.45) is 1.95. The van der Waals surface area contributed by atoms with Crippen molar-refractivity contribution in [3.05, 3.63) is 40.2 Å². The molecule has 1 aromatic heterocycles. The third-order valence-electron chi connectivity index (χ3n) is 2.47. The van der Waals surface area contributed by atoms with Crippen LogP contribution in [-0.4, -0.2) is 4.98 Å². The Morgan fingerprint density at radius 1 is 1.33 bits per heavy atom. The van der Waals surface area contributed by atoms with Crippen molar-refractivity contribution in [1.82, 2.24) is 4.98 Å². The summed E-state index contributed by atoms with van der Waals surface area (Å²) in [6, 6.07) is 7.29. The topological polar surface area (TPSA) is 58.9 Å². The van der Waals surface area contributed by atoms with Crippen molar-refractivity contribution in [1.29, 1.82) is 0 Å². The standard InChI is InChI=1S/C12H14N2O/c1-2-3-8-6-12(15)14-11-7-9(13)4-5-10(8)11/h4-7H,2-3,13H2,1H3,(H,14,15). The van der Waals surface area contributed by atoms with Crippen molar-refractivity contribution in [2.75, 3.05) is 5.73 Å². The van der Waals surface area contributed by atoms with Crippen LogP contribution < -0.4 is 11.3 Å². The van der Waals surface area contributed by atoms with Gasteiger partial charge in [-0.3, -0.25) is 4.79 Å². The van der Waals surface area contributed by atoms with Gasteiger partial charge in [-0.2, -0.15) is 0 Å². The zero-order valence-electron chi connectivity index (χ0n) is 8.71. The molecule has 0 aliphatic heterocycles. The van der Waals surface area contributed by atoms with Crippen LogP contribution >= 0.6 is 0 Å². The molecule has 0 bridgehead atoms. The van der Waals surface area contributed by atoms with E-state index in [1.54, 1.807) is 12.1 Å². The Kier molecular flexibility index (Phi) is 2.46. The molecule has 0 saturated carbocycles. The molecule has 0 aliphatic carbocycles. The second-order valence-electron chi connectivity index (χ2n) is 3.71. The summed E-state index contributed by atoms with van der Waals surface area (Å²) in [5.74, 6) is 0. The molecule has 78 valence electrons. The number of aromatic amines is 1. The first-order valence-electron chi connectivity index (χ1n) is 5.12. The minimum atomic E-state index is -0.0587. The van der Waals surface area contributed by atoms with E-state index in [2.05, 4.69) is 11.9 Å².